The minimum atomic E-state index is -5.08. The Morgan fingerprint density at radius 2 is 1.19 bits per heavy atom. The quantitative estimate of drug-likeness (QED) is 0.393. The molecule has 0 aliphatic carbocycles. The number of methoxy groups -OCH3 is 1. The maximum absolute atomic E-state index is 10.6. The summed E-state index contributed by atoms with van der Waals surface area (Å²) in [7, 11) is 3.94. The highest BCUT2D eigenvalue weighted by atomic mass is 19.4. The van der Waals surface area contributed by atoms with Crippen molar-refractivity contribution in [2.75, 3.05) is 60.0 Å². The van der Waals surface area contributed by atoms with E-state index < -0.39 is 36.4 Å². The zero-order chi connectivity index (χ0) is 36.2. The summed E-state index contributed by atoms with van der Waals surface area (Å²) >= 11 is 0. The monoisotopic (exact) mass is 701 g/mol. The maximum atomic E-state index is 10.6. The lowest BCUT2D eigenvalue weighted by Gasteiger charge is -2.40. The van der Waals surface area contributed by atoms with Crippen LogP contribution in [0.4, 0.5) is 39.5 Å². The Morgan fingerprint density at radius 3 is 1.55 bits per heavy atom. The number of carboxylic acids is 3. The van der Waals surface area contributed by atoms with E-state index in [1.165, 1.54) is 51.0 Å². The number of likely N-dealkylation sites (tertiary alicyclic amines) is 1. The number of alkyl halides is 9. The third kappa shape index (κ3) is 15.4. The van der Waals surface area contributed by atoms with Gasteiger partial charge in [-0.2, -0.15) is 39.5 Å². The molecule has 1 unspecified atom stereocenters. The summed E-state index contributed by atoms with van der Waals surface area (Å²) in [6, 6.07) is 9.11. The van der Waals surface area contributed by atoms with Crippen LogP contribution in [0.3, 0.4) is 0 Å². The van der Waals surface area contributed by atoms with Gasteiger partial charge in [0.05, 0.1) is 19.3 Å². The van der Waals surface area contributed by atoms with E-state index >= 15 is 0 Å². The van der Waals surface area contributed by atoms with E-state index in [1.54, 1.807) is 7.11 Å². The molecule has 0 saturated carbocycles. The van der Waals surface area contributed by atoms with Crippen molar-refractivity contribution in [1.29, 1.82) is 0 Å². The molecule has 3 N–H and O–H groups in total. The van der Waals surface area contributed by atoms with Gasteiger partial charge >= 0.3 is 36.4 Å². The zero-order valence-electron chi connectivity index (χ0n) is 25.3. The van der Waals surface area contributed by atoms with Gasteiger partial charge in [-0.1, -0.05) is 12.1 Å². The van der Waals surface area contributed by atoms with Crippen LogP contribution in [0.1, 0.15) is 24.8 Å². The number of carboxylic acid groups (broad SMARTS) is 3. The highest BCUT2D eigenvalue weighted by Gasteiger charge is 2.44. The molecule has 47 heavy (non-hydrogen) atoms. The molecule has 1 spiro atoms. The Labute approximate surface area is 263 Å². The average Bonchev–Trinajstić information content (AvgIpc) is 3.38. The number of nitrogens with zero attached hydrogens (tertiary/aromatic N) is 3. The van der Waals surface area contributed by atoms with Crippen molar-refractivity contribution in [3.05, 3.63) is 29.8 Å². The van der Waals surface area contributed by atoms with Gasteiger partial charge < -0.3 is 29.7 Å². The van der Waals surface area contributed by atoms with E-state index in [2.05, 4.69) is 46.0 Å². The molecule has 0 bridgehead atoms. The lowest BCUT2D eigenvalue weighted by atomic mass is 9.87. The smallest absolute Gasteiger partial charge is 0.490 e. The Hall–Kier alpha value is -3.36. The van der Waals surface area contributed by atoms with Gasteiger partial charge in [0.2, 0.25) is 0 Å². The highest BCUT2D eigenvalue weighted by molar-refractivity contribution is 5.73. The molecule has 3 aliphatic heterocycles. The Balaban J connectivity index is 0.000000430. The summed E-state index contributed by atoms with van der Waals surface area (Å²) in [5, 5.41) is 21.4. The number of halogens is 9. The van der Waals surface area contributed by atoms with Crippen LogP contribution in [0.5, 0.6) is 5.75 Å². The lowest BCUT2D eigenvalue weighted by molar-refractivity contribution is -0.193. The van der Waals surface area contributed by atoms with Gasteiger partial charge in [0.1, 0.15) is 5.75 Å². The van der Waals surface area contributed by atoms with Gasteiger partial charge in [0.25, 0.3) is 0 Å². The normalized spacial score (nSPS) is 20.4. The van der Waals surface area contributed by atoms with E-state index in [4.69, 9.17) is 39.2 Å². The minimum Gasteiger partial charge on any atom is -0.497 e. The van der Waals surface area contributed by atoms with Gasteiger partial charge in [0.15, 0.2) is 0 Å². The molecule has 1 atom stereocenters. The summed E-state index contributed by atoms with van der Waals surface area (Å²) < 4.78 is 107. The number of hydrogen-bond donors (Lipinski definition) is 3. The number of ether oxygens (including phenoxy) is 2. The molecule has 20 heteroatoms. The minimum absolute atomic E-state index is 0.143. The topological polar surface area (TPSA) is 140 Å². The second-order valence-corrected chi connectivity index (χ2v) is 10.7. The van der Waals surface area contributed by atoms with Crippen molar-refractivity contribution in [2.45, 2.75) is 56.0 Å². The standard InChI is InChI=1S/C21H33N3O2.3C2HF3O2/c1-22-11-13-24(14-12-22)19-15-21(26-17-19)7-9-23(10-8-21)16-18-3-5-20(25-2)6-4-18;3*3-2(4,5)1(6)7/h3-6,19H,7-17H2,1-2H3;3*(H,6,7). The number of benzene rings is 1. The molecule has 0 aromatic heterocycles. The molecule has 3 fully saturated rings. The van der Waals surface area contributed by atoms with E-state index in [1.807, 2.05) is 0 Å². The predicted octanol–water partition coefficient (Wildman–Crippen LogP) is 3.97. The van der Waals surface area contributed by atoms with Crippen LogP contribution >= 0.6 is 0 Å². The number of hydrogen-bond acceptors (Lipinski definition) is 8. The zero-order valence-corrected chi connectivity index (χ0v) is 25.3. The van der Waals surface area contributed by atoms with E-state index in [0.29, 0.717) is 6.04 Å². The summed E-state index contributed by atoms with van der Waals surface area (Å²) in [5.74, 6) is -7.34. The van der Waals surface area contributed by atoms with Gasteiger partial charge in [0, 0.05) is 51.9 Å². The molecule has 3 aliphatic rings. The molecule has 0 radical (unpaired) electrons. The summed E-state index contributed by atoms with van der Waals surface area (Å²) in [6.07, 6.45) is -11.7. The maximum Gasteiger partial charge on any atom is 0.490 e. The first kappa shape index (κ1) is 41.7. The predicted molar refractivity (Wildman–Crippen MR) is 145 cm³/mol. The van der Waals surface area contributed by atoms with Crippen molar-refractivity contribution >= 4 is 17.9 Å². The molecule has 1 aromatic rings. The van der Waals surface area contributed by atoms with Gasteiger partial charge in [-0.3, -0.25) is 9.80 Å². The van der Waals surface area contributed by atoms with Crippen LogP contribution in [-0.2, 0) is 25.7 Å². The van der Waals surface area contributed by atoms with Crippen LogP contribution in [-0.4, -0.2) is 138 Å². The van der Waals surface area contributed by atoms with Crippen LogP contribution in [0.2, 0.25) is 0 Å². The largest absolute Gasteiger partial charge is 0.497 e. The number of likely N-dealkylation sites (N-methyl/N-ethyl adjacent to an activating group) is 1. The van der Waals surface area contributed by atoms with Crippen LogP contribution in [0, 0.1) is 0 Å². The molecule has 3 heterocycles. The van der Waals surface area contributed by atoms with Gasteiger partial charge in [-0.15, -0.1) is 0 Å². The SMILES string of the molecule is COc1ccc(CN2CCC3(CC2)CC(N2CCN(C)CC2)CO3)cc1.O=C(O)C(F)(F)F.O=C(O)C(F)(F)F.O=C(O)C(F)(F)F. The van der Waals surface area contributed by atoms with Crippen molar-refractivity contribution < 1.29 is 78.7 Å². The van der Waals surface area contributed by atoms with E-state index in [-0.39, 0.29) is 5.60 Å². The summed E-state index contributed by atoms with van der Waals surface area (Å²) in [4.78, 5) is 34.4. The third-order valence-electron chi connectivity index (χ3n) is 7.30. The fourth-order valence-electron chi connectivity index (χ4n) is 4.70. The number of aliphatic carboxylic acids is 3. The second kappa shape index (κ2) is 17.7. The molecule has 1 aromatic carbocycles. The fourth-order valence-corrected chi connectivity index (χ4v) is 4.70. The highest BCUT2D eigenvalue weighted by Crippen LogP contribution is 2.38. The van der Waals surface area contributed by atoms with E-state index in [9.17, 15) is 39.5 Å². The van der Waals surface area contributed by atoms with Crippen molar-refractivity contribution in [3.63, 3.8) is 0 Å². The second-order valence-electron chi connectivity index (χ2n) is 10.7. The lowest BCUT2D eigenvalue weighted by Crippen LogP contribution is -2.50. The molecule has 11 nitrogen and oxygen atoms in total. The fraction of sp³-hybridized carbons (Fsp3) is 0.667. The number of piperazine rings is 1. The molecule has 0 amide bonds. The Kier molecular flexibility index (Phi) is 15.7. The molecule has 270 valence electrons. The summed E-state index contributed by atoms with van der Waals surface area (Å²) in [5.41, 5.74) is 1.51. The first-order valence-electron chi connectivity index (χ1n) is 13.8. The summed E-state index contributed by atoms with van der Waals surface area (Å²) in [6.45, 7) is 9.03. The average molecular weight is 702 g/mol. The molecule has 3 saturated heterocycles. The molecular formula is C27H36F9N3O8. The molecular weight excluding hydrogens is 665 g/mol. The third-order valence-corrected chi connectivity index (χ3v) is 7.30. The first-order valence-corrected chi connectivity index (χ1v) is 13.8. The Bertz CT molecular complexity index is 1080. The van der Waals surface area contributed by atoms with Crippen LogP contribution in [0.15, 0.2) is 24.3 Å². The number of carbonyl (C=O) groups is 3. The van der Waals surface area contributed by atoms with Crippen molar-refractivity contribution in [2.24, 2.45) is 0 Å². The Morgan fingerprint density at radius 1 is 0.787 bits per heavy atom. The van der Waals surface area contributed by atoms with Crippen molar-refractivity contribution in [3.8, 4) is 5.75 Å². The molecule has 4 rings (SSSR count). The van der Waals surface area contributed by atoms with Crippen LogP contribution < -0.4 is 4.74 Å². The number of rotatable bonds is 4. The van der Waals surface area contributed by atoms with Crippen molar-refractivity contribution in [1.82, 2.24) is 14.7 Å². The van der Waals surface area contributed by atoms with Crippen LogP contribution in [0.25, 0.3) is 0 Å². The number of piperidine rings is 1. The van der Waals surface area contributed by atoms with Gasteiger partial charge in [-0.25, -0.2) is 14.4 Å². The van der Waals surface area contributed by atoms with E-state index in [0.717, 1.165) is 32.0 Å². The van der Waals surface area contributed by atoms with Gasteiger partial charge in [-0.05, 0) is 44.0 Å². The first-order chi connectivity index (χ1) is 21.5.